The first-order valence-corrected chi connectivity index (χ1v) is 10.2. The van der Waals surface area contributed by atoms with Crippen molar-refractivity contribution in [3.63, 3.8) is 0 Å². The summed E-state index contributed by atoms with van der Waals surface area (Å²) in [6.07, 6.45) is 0. The summed E-state index contributed by atoms with van der Waals surface area (Å²) in [4.78, 5) is 36.9. The van der Waals surface area contributed by atoms with Crippen molar-refractivity contribution in [2.75, 3.05) is 32.7 Å². The molecular weight excluding hydrogens is 418 g/mol. The Morgan fingerprint density at radius 3 is 2.19 bits per heavy atom. The lowest BCUT2D eigenvalue weighted by atomic mass is 9.99. The Hall–Kier alpha value is -3.50. The second kappa shape index (κ2) is 9.75. The second-order valence-corrected chi connectivity index (χ2v) is 7.41. The monoisotopic (exact) mass is 441 g/mol. The van der Waals surface area contributed by atoms with Crippen LogP contribution in [-0.4, -0.2) is 59.4 Å². The first-order valence-electron chi connectivity index (χ1n) is 10.2. The molecule has 1 aromatic heterocycles. The van der Waals surface area contributed by atoms with Crippen molar-refractivity contribution in [1.82, 2.24) is 9.80 Å². The fourth-order valence-electron chi connectivity index (χ4n) is 4.07. The summed E-state index contributed by atoms with van der Waals surface area (Å²) in [7, 11) is 0. The number of nitro benzene ring substituents is 1. The van der Waals surface area contributed by atoms with Crippen molar-refractivity contribution in [1.29, 1.82) is 0 Å². The molecule has 0 amide bonds. The van der Waals surface area contributed by atoms with Gasteiger partial charge in [-0.25, -0.2) is 0 Å². The van der Waals surface area contributed by atoms with Crippen LogP contribution < -0.4 is 10.2 Å². The molecule has 10 nitrogen and oxygen atoms in total. The number of rotatable bonds is 11. The summed E-state index contributed by atoms with van der Waals surface area (Å²) in [6.45, 7) is 3.39. The second-order valence-electron chi connectivity index (χ2n) is 7.41. The third-order valence-corrected chi connectivity index (χ3v) is 5.47. The Bertz CT molecular complexity index is 1140. The summed E-state index contributed by atoms with van der Waals surface area (Å²) >= 11 is 0. The van der Waals surface area contributed by atoms with Crippen molar-refractivity contribution in [2.45, 2.75) is 19.9 Å². The molecule has 0 saturated carbocycles. The molecule has 0 fully saturated rings. The van der Waals surface area contributed by atoms with Crippen LogP contribution >= 0.6 is 0 Å². The smallest absolute Gasteiger partial charge is 0.278 e. The average Bonchev–Trinajstić information content (AvgIpc) is 3.09. The molecule has 2 aromatic carbocycles. The highest BCUT2D eigenvalue weighted by Crippen LogP contribution is 2.38. The van der Waals surface area contributed by atoms with Crippen molar-refractivity contribution >= 4 is 39.6 Å². The predicted molar refractivity (Wildman–Crippen MR) is 112 cm³/mol. The number of carbonyl (C=O) groups is 2. The van der Waals surface area contributed by atoms with E-state index in [0.717, 1.165) is 10.3 Å². The molecule has 10 heteroatoms. The van der Waals surface area contributed by atoms with Gasteiger partial charge < -0.3 is 24.2 Å². The fourth-order valence-corrected chi connectivity index (χ4v) is 4.07. The number of hydrogen-bond donors (Lipinski definition) is 0. The number of carbonyl (C=O) groups excluding carboxylic acids is 2. The number of carboxylic acids is 2. The van der Waals surface area contributed by atoms with Crippen LogP contribution in [0.4, 0.5) is 5.69 Å². The molecule has 32 heavy (non-hydrogen) atoms. The lowest BCUT2D eigenvalue weighted by Gasteiger charge is -2.34. The highest BCUT2D eigenvalue weighted by atomic mass is 16.6. The molecule has 0 N–H and O–H groups in total. The van der Waals surface area contributed by atoms with Crippen molar-refractivity contribution in [3.05, 3.63) is 52.1 Å². The van der Waals surface area contributed by atoms with E-state index in [4.69, 9.17) is 4.42 Å². The molecule has 0 radical (unpaired) electrons. The van der Waals surface area contributed by atoms with E-state index in [1.165, 1.54) is 6.07 Å². The van der Waals surface area contributed by atoms with Gasteiger partial charge in [0.05, 0.1) is 29.0 Å². The molecule has 3 rings (SSSR count). The maximum absolute atomic E-state index is 11.9. The normalized spacial score (nSPS) is 12.6. The molecule has 3 aromatic rings. The van der Waals surface area contributed by atoms with E-state index < -0.39 is 36.0 Å². The molecule has 0 aliphatic carbocycles. The maximum atomic E-state index is 11.9. The van der Waals surface area contributed by atoms with Crippen molar-refractivity contribution in [2.24, 2.45) is 0 Å². The summed E-state index contributed by atoms with van der Waals surface area (Å²) < 4.78 is 5.78. The number of benzene rings is 2. The summed E-state index contributed by atoms with van der Waals surface area (Å²) in [5.41, 5.74) is 1.11. The largest absolute Gasteiger partial charge is 0.549 e. The highest BCUT2D eigenvalue weighted by molar-refractivity contribution is 6.05. The van der Waals surface area contributed by atoms with Gasteiger partial charge in [0.25, 0.3) is 5.69 Å². The van der Waals surface area contributed by atoms with Gasteiger partial charge in [-0.1, -0.05) is 32.0 Å². The van der Waals surface area contributed by atoms with Crippen LogP contribution in [0.15, 0.2) is 40.8 Å². The summed E-state index contributed by atoms with van der Waals surface area (Å²) in [5, 5.41) is 35.8. The number of nitrogens with zero attached hydrogens (tertiary/aromatic N) is 3. The Morgan fingerprint density at radius 1 is 1.00 bits per heavy atom. The number of aliphatic carboxylic acids is 2. The van der Waals surface area contributed by atoms with Crippen LogP contribution in [0.5, 0.6) is 0 Å². The molecule has 0 aliphatic heterocycles. The Labute approximate surface area is 183 Å². The van der Waals surface area contributed by atoms with E-state index in [-0.39, 0.29) is 12.2 Å². The van der Waals surface area contributed by atoms with Gasteiger partial charge in [-0.05, 0) is 25.2 Å². The minimum atomic E-state index is -1.45. The van der Waals surface area contributed by atoms with Crippen LogP contribution in [-0.2, 0) is 9.59 Å². The quantitative estimate of drug-likeness (QED) is 0.310. The first kappa shape index (κ1) is 23.2. The average molecular weight is 441 g/mol. The number of nitro groups is 1. The fraction of sp³-hybridized carbons (Fsp3) is 0.364. The van der Waals surface area contributed by atoms with Gasteiger partial charge in [0.15, 0.2) is 0 Å². The number of furan rings is 1. The van der Waals surface area contributed by atoms with E-state index in [2.05, 4.69) is 0 Å². The van der Waals surface area contributed by atoms with Crippen molar-refractivity contribution in [3.8, 4) is 0 Å². The summed E-state index contributed by atoms with van der Waals surface area (Å²) in [5.74, 6) is -2.90. The number of para-hydroxylation sites is 1. The molecule has 0 bridgehead atoms. The Balaban J connectivity index is 2.19. The Kier molecular flexibility index (Phi) is 7.06. The third kappa shape index (κ3) is 4.87. The number of carboxylic acid groups (broad SMARTS) is 2. The third-order valence-electron chi connectivity index (χ3n) is 5.47. The van der Waals surface area contributed by atoms with Crippen molar-refractivity contribution < 1.29 is 29.1 Å². The Morgan fingerprint density at radius 2 is 1.62 bits per heavy atom. The maximum Gasteiger partial charge on any atom is 0.278 e. The number of hydrogen-bond acceptors (Lipinski definition) is 9. The molecule has 1 atom stereocenters. The molecule has 0 saturated heterocycles. The zero-order chi connectivity index (χ0) is 23.4. The lowest BCUT2D eigenvalue weighted by molar-refractivity contribution is -0.385. The van der Waals surface area contributed by atoms with Crippen LogP contribution in [0.3, 0.4) is 0 Å². The van der Waals surface area contributed by atoms with E-state index >= 15 is 0 Å². The number of fused-ring (bicyclic) bond motifs is 3. The van der Waals surface area contributed by atoms with Gasteiger partial charge >= 0.3 is 0 Å². The minimum absolute atomic E-state index is 0.0776. The van der Waals surface area contributed by atoms with E-state index in [9.17, 15) is 29.9 Å². The lowest BCUT2D eigenvalue weighted by Crippen LogP contribution is -2.47. The van der Waals surface area contributed by atoms with Gasteiger partial charge in [-0.15, -0.1) is 0 Å². The first-order chi connectivity index (χ1) is 15.2. The molecule has 1 unspecified atom stereocenters. The zero-order valence-electron chi connectivity index (χ0n) is 17.8. The van der Waals surface area contributed by atoms with Crippen LogP contribution in [0.2, 0.25) is 0 Å². The van der Waals surface area contributed by atoms with E-state index in [1.54, 1.807) is 18.2 Å². The number of likely N-dealkylation sites (N-methyl/N-ethyl adjacent to an activating group) is 1. The topological polar surface area (TPSA) is 143 Å². The minimum Gasteiger partial charge on any atom is -0.549 e. The van der Waals surface area contributed by atoms with Gasteiger partial charge in [0.2, 0.25) is 0 Å². The molecule has 0 spiro atoms. The predicted octanol–water partition coefficient (Wildman–Crippen LogP) is 0.679. The standard InChI is InChI=1S/C22H25N3O7/c1-3-24(4-2)18(11-23(12-21(26)27)13-22(28)29)16-9-15-14-7-5-6-8-19(14)32-20(15)10-17(16)25(30)31/h5-10,18H,3-4,11-13H2,1-2H3,(H,26,27)(H,28,29)/p-2. The summed E-state index contributed by atoms with van der Waals surface area (Å²) in [6, 6.07) is 9.65. The zero-order valence-corrected chi connectivity index (χ0v) is 17.8. The van der Waals surface area contributed by atoms with Crippen LogP contribution in [0.1, 0.15) is 25.5 Å². The molecule has 0 aliphatic rings. The molecular formula is C22H23N3O7-2. The highest BCUT2D eigenvalue weighted by Gasteiger charge is 2.30. The van der Waals surface area contributed by atoms with Gasteiger partial charge in [0.1, 0.15) is 11.2 Å². The molecule has 1 heterocycles. The van der Waals surface area contributed by atoms with Gasteiger partial charge in [0, 0.05) is 36.0 Å². The van der Waals surface area contributed by atoms with Gasteiger partial charge in [-0.3, -0.25) is 19.9 Å². The van der Waals surface area contributed by atoms with Gasteiger partial charge in [-0.2, -0.15) is 0 Å². The van der Waals surface area contributed by atoms with Crippen LogP contribution in [0, 0.1) is 10.1 Å². The van der Waals surface area contributed by atoms with E-state index in [1.807, 2.05) is 30.9 Å². The molecule has 170 valence electrons. The van der Waals surface area contributed by atoms with Crippen LogP contribution in [0.25, 0.3) is 21.9 Å². The SMILES string of the molecule is CCN(CC)C(CN(CC(=O)[O-])CC(=O)[O-])c1cc2c(cc1[N+](=O)[O-])oc1ccccc12. The van der Waals surface area contributed by atoms with E-state index in [0.29, 0.717) is 35.2 Å².